The number of aromatic amines is 2. The normalized spacial score (nSPS) is 14.0. The first-order valence-electron chi connectivity index (χ1n) is 10.5. The number of nitrogens with zero attached hydrogens (tertiary/aromatic N) is 1. The predicted octanol–water partition coefficient (Wildman–Crippen LogP) is 3.36. The van der Waals surface area contributed by atoms with Gasteiger partial charge in [0.25, 0.3) is 17.5 Å². The van der Waals surface area contributed by atoms with Crippen molar-refractivity contribution in [1.82, 2.24) is 15.3 Å². The van der Waals surface area contributed by atoms with Crippen molar-refractivity contribution in [1.29, 1.82) is 0 Å². The lowest BCUT2D eigenvalue weighted by Gasteiger charge is -2.08. The van der Waals surface area contributed by atoms with Gasteiger partial charge in [0.1, 0.15) is 0 Å². The Balaban J connectivity index is 1.86. The fourth-order valence-electron chi connectivity index (χ4n) is 4.61. The number of nitro benzene ring substituents is 1. The van der Waals surface area contributed by atoms with E-state index in [1.807, 2.05) is 24.3 Å². The van der Waals surface area contributed by atoms with E-state index in [1.165, 1.54) is 12.1 Å². The Kier molecular flexibility index (Phi) is 4.83. The molecule has 4 N–H and O–H groups in total. The van der Waals surface area contributed by atoms with Crippen LogP contribution >= 0.6 is 0 Å². The third kappa shape index (κ3) is 3.21. The van der Waals surface area contributed by atoms with Gasteiger partial charge in [-0.15, -0.1) is 0 Å². The zero-order valence-corrected chi connectivity index (χ0v) is 17.7. The number of amides is 2. The van der Waals surface area contributed by atoms with Crippen LogP contribution in [-0.4, -0.2) is 38.4 Å². The third-order valence-electron chi connectivity index (χ3n) is 5.98. The average molecular weight is 444 g/mol. The summed E-state index contributed by atoms with van der Waals surface area (Å²) in [5.74, 6) is -1.08. The first-order chi connectivity index (χ1) is 15.9. The number of hydrogen-bond donors (Lipinski definition) is 4. The van der Waals surface area contributed by atoms with Crippen molar-refractivity contribution in [3.05, 3.63) is 75.1 Å². The monoisotopic (exact) mass is 444 g/mol. The summed E-state index contributed by atoms with van der Waals surface area (Å²) in [7, 11) is 0. The van der Waals surface area contributed by atoms with Gasteiger partial charge in [-0.25, -0.2) is 0 Å². The largest absolute Gasteiger partial charge is 0.396 e. The minimum Gasteiger partial charge on any atom is -0.396 e. The van der Waals surface area contributed by atoms with E-state index >= 15 is 0 Å². The van der Waals surface area contributed by atoms with Gasteiger partial charge >= 0.3 is 0 Å². The smallest absolute Gasteiger partial charge is 0.270 e. The Labute approximate surface area is 187 Å². The summed E-state index contributed by atoms with van der Waals surface area (Å²) < 4.78 is 0. The molecule has 0 aliphatic carbocycles. The minimum absolute atomic E-state index is 0.0168. The van der Waals surface area contributed by atoms with Gasteiger partial charge < -0.3 is 15.1 Å². The van der Waals surface area contributed by atoms with Gasteiger partial charge in [-0.3, -0.25) is 25.0 Å². The van der Waals surface area contributed by atoms with Crippen molar-refractivity contribution in [3.63, 3.8) is 0 Å². The molecule has 0 unspecified atom stereocenters. The molecule has 2 aromatic carbocycles. The van der Waals surface area contributed by atoms with Crippen LogP contribution in [0.1, 0.15) is 28.9 Å². The summed E-state index contributed by atoms with van der Waals surface area (Å²) in [6.07, 6.45) is 0.966. The fraction of sp³-hybridized carbons (Fsp3) is 0.167. The molecule has 0 atom stereocenters. The van der Waals surface area contributed by atoms with Crippen LogP contribution in [0.4, 0.5) is 5.69 Å². The maximum atomic E-state index is 13.1. The number of carbonyl (C=O) groups excluding carboxylic acids is 2. The number of nitrogens with one attached hydrogen (secondary N) is 3. The van der Waals surface area contributed by atoms with Crippen LogP contribution in [0.5, 0.6) is 0 Å². The number of non-ortho nitro benzene ring substituents is 1. The molecular formula is C24H20N4O5. The Morgan fingerprint density at radius 1 is 0.939 bits per heavy atom. The summed E-state index contributed by atoms with van der Waals surface area (Å²) in [5.41, 5.74) is 4.18. The van der Waals surface area contributed by atoms with Crippen molar-refractivity contribution >= 4 is 50.5 Å². The number of para-hydroxylation sites is 1. The van der Waals surface area contributed by atoms with Gasteiger partial charge in [0.15, 0.2) is 0 Å². The van der Waals surface area contributed by atoms with E-state index in [4.69, 9.17) is 0 Å². The Hall–Kier alpha value is -4.24. The SMILES string of the molecule is Cc1[nH]c2ccc([N+](=O)[O-])cc2c1C1=C(c2c(CCCO)[nH]c3ccccc23)C(=O)NC1=O. The van der Waals surface area contributed by atoms with Gasteiger partial charge in [0.05, 0.1) is 16.1 Å². The molecule has 2 amide bonds. The molecule has 0 radical (unpaired) electrons. The number of benzene rings is 2. The van der Waals surface area contributed by atoms with Crippen molar-refractivity contribution < 1.29 is 19.6 Å². The predicted molar refractivity (Wildman–Crippen MR) is 123 cm³/mol. The Bertz CT molecular complexity index is 1510. The molecular weight excluding hydrogens is 424 g/mol. The van der Waals surface area contributed by atoms with Gasteiger partial charge in [0.2, 0.25) is 0 Å². The average Bonchev–Trinajstić information content (AvgIpc) is 3.40. The van der Waals surface area contributed by atoms with E-state index < -0.39 is 16.7 Å². The van der Waals surface area contributed by atoms with Crippen molar-refractivity contribution in [3.8, 4) is 0 Å². The van der Waals surface area contributed by atoms with Crippen LogP contribution in [0, 0.1) is 17.0 Å². The molecule has 0 fully saturated rings. The van der Waals surface area contributed by atoms with Gasteiger partial charge in [-0.1, -0.05) is 18.2 Å². The Morgan fingerprint density at radius 3 is 2.36 bits per heavy atom. The highest BCUT2D eigenvalue weighted by molar-refractivity contribution is 6.51. The molecule has 0 spiro atoms. The summed E-state index contributed by atoms with van der Waals surface area (Å²) in [6.45, 7) is 1.75. The van der Waals surface area contributed by atoms with Crippen LogP contribution in [0.15, 0.2) is 42.5 Å². The number of aromatic nitrogens is 2. The quantitative estimate of drug-likeness (QED) is 0.205. The van der Waals surface area contributed by atoms with Crippen molar-refractivity contribution in [2.75, 3.05) is 6.61 Å². The minimum atomic E-state index is -0.552. The molecule has 3 heterocycles. The number of carbonyl (C=O) groups is 2. The van der Waals surface area contributed by atoms with E-state index in [1.54, 1.807) is 13.0 Å². The maximum absolute atomic E-state index is 13.1. The van der Waals surface area contributed by atoms with Crippen molar-refractivity contribution in [2.24, 2.45) is 0 Å². The van der Waals surface area contributed by atoms with Crippen LogP contribution in [0.25, 0.3) is 33.0 Å². The van der Waals surface area contributed by atoms with Crippen LogP contribution in [0.2, 0.25) is 0 Å². The zero-order valence-electron chi connectivity index (χ0n) is 17.7. The molecule has 4 aromatic rings. The molecule has 2 aromatic heterocycles. The van der Waals surface area contributed by atoms with Crippen molar-refractivity contribution in [2.45, 2.75) is 19.8 Å². The number of H-pyrrole nitrogens is 2. The summed E-state index contributed by atoms with van der Waals surface area (Å²) in [5, 5.41) is 24.4. The molecule has 5 rings (SSSR count). The number of hydrogen-bond acceptors (Lipinski definition) is 5. The zero-order chi connectivity index (χ0) is 23.3. The number of imide groups is 1. The number of fused-ring (bicyclic) bond motifs is 2. The molecule has 0 saturated carbocycles. The third-order valence-corrected chi connectivity index (χ3v) is 5.98. The molecule has 1 aliphatic heterocycles. The van der Waals surface area contributed by atoms with E-state index in [0.717, 1.165) is 16.6 Å². The standard InChI is InChI=1S/C24H20N4O5/c1-12-19(15-11-13(28(32)33)8-9-17(15)25-12)21-22(24(31)27-23(21)30)20-14-5-2-3-6-16(14)26-18(20)7-4-10-29/h2-3,5-6,8-9,11,25-26,29H,4,7,10H2,1H3,(H,27,30,31). The van der Waals surface area contributed by atoms with Gasteiger partial charge in [-0.05, 0) is 31.9 Å². The second kappa shape index (κ2) is 7.72. The van der Waals surface area contributed by atoms with E-state index in [2.05, 4.69) is 15.3 Å². The van der Waals surface area contributed by atoms with Gasteiger partial charge in [-0.2, -0.15) is 0 Å². The maximum Gasteiger partial charge on any atom is 0.270 e. The summed E-state index contributed by atoms with van der Waals surface area (Å²) in [4.78, 5) is 43.5. The fourth-order valence-corrected chi connectivity index (χ4v) is 4.61. The molecule has 166 valence electrons. The lowest BCUT2D eigenvalue weighted by molar-refractivity contribution is -0.384. The van der Waals surface area contributed by atoms with Gasteiger partial charge in [0, 0.05) is 63.1 Å². The van der Waals surface area contributed by atoms with E-state index in [0.29, 0.717) is 40.6 Å². The number of aliphatic hydroxyl groups is 1. The Morgan fingerprint density at radius 2 is 1.64 bits per heavy atom. The molecule has 0 bridgehead atoms. The molecule has 9 heteroatoms. The van der Waals surface area contributed by atoms with Crippen LogP contribution in [0.3, 0.4) is 0 Å². The van der Waals surface area contributed by atoms with E-state index in [9.17, 15) is 24.8 Å². The van der Waals surface area contributed by atoms with Crippen LogP contribution in [-0.2, 0) is 16.0 Å². The number of aryl methyl sites for hydroxylation is 2. The summed E-state index contributed by atoms with van der Waals surface area (Å²) in [6, 6.07) is 11.9. The lowest BCUT2D eigenvalue weighted by atomic mass is 9.92. The highest BCUT2D eigenvalue weighted by Gasteiger charge is 2.37. The lowest BCUT2D eigenvalue weighted by Crippen LogP contribution is -2.23. The number of aliphatic hydroxyl groups excluding tert-OH is 1. The van der Waals surface area contributed by atoms with Crippen LogP contribution < -0.4 is 5.32 Å². The molecule has 1 aliphatic rings. The second-order valence-electron chi connectivity index (χ2n) is 8.00. The first-order valence-corrected chi connectivity index (χ1v) is 10.5. The first kappa shape index (κ1) is 20.7. The molecule has 0 saturated heterocycles. The second-order valence-corrected chi connectivity index (χ2v) is 8.00. The molecule has 33 heavy (non-hydrogen) atoms. The topological polar surface area (TPSA) is 141 Å². The summed E-state index contributed by atoms with van der Waals surface area (Å²) >= 11 is 0. The van der Waals surface area contributed by atoms with E-state index in [-0.39, 0.29) is 23.4 Å². The number of rotatable bonds is 6. The highest BCUT2D eigenvalue weighted by atomic mass is 16.6. The highest BCUT2D eigenvalue weighted by Crippen LogP contribution is 2.41. The molecule has 9 nitrogen and oxygen atoms in total. The number of nitro groups is 1.